The van der Waals surface area contributed by atoms with Gasteiger partial charge in [0.2, 0.25) is 0 Å². The number of hydrogen-bond donors (Lipinski definition) is 0. The summed E-state index contributed by atoms with van der Waals surface area (Å²) in [4.78, 5) is 2.30. The minimum absolute atomic E-state index is 0.863. The summed E-state index contributed by atoms with van der Waals surface area (Å²) in [5.74, 6) is 0. The molecule has 10 aromatic rings. The first-order valence-corrected chi connectivity index (χ1v) is 15.3. The highest BCUT2D eigenvalue weighted by Crippen LogP contribution is 2.42. The number of benzene rings is 8. The van der Waals surface area contributed by atoms with E-state index in [2.05, 4.69) is 132 Å². The van der Waals surface area contributed by atoms with Gasteiger partial charge in [0.1, 0.15) is 22.3 Å². The van der Waals surface area contributed by atoms with Crippen LogP contribution in [0.15, 0.2) is 160 Å². The first-order chi connectivity index (χ1) is 22.3. The number of anilines is 3. The first kappa shape index (κ1) is 24.4. The molecule has 8 aromatic carbocycles. The van der Waals surface area contributed by atoms with Gasteiger partial charge in [-0.3, -0.25) is 0 Å². The van der Waals surface area contributed by atoms with Crippen molar-refractivity contribution in [3.8, 4) is 0 Å². The van der Waals surface area contributed by atoms with Crippen LogP contribution < -0.4 is 4.90 Å². The van der Waals surface area contributed by atoms with Crippen LogP contribution in [0.2, 0.25) is 0 Å². The monoisotopic (exact) mass is 575 g/mol. The molecule has 3 nitrogen and oxygen atoms in total. The number of hydrogen-bond acceptors (Lipinski definition) is 3. The molecule has 210 valence electrons. The summed E-state index contributed by atoms with van der Waals surface area (Å²) in [5.41, 5.74) is 6.61. The fraction of sp³-hybridized carbons (Fsp3) is 0. The van der Waals surface area contributed by atoms with E-state index in [9.17, 15) is 0 Å². The van der Waals surface area contributed by atoms with Gasteiger partial charge in [0.15, 0.2) is 0 Å². The van der Waals surface area contributed by atoms with Crippen LogP contribution in [-0.2, 0) is 0 Å². The maximum absolute atomic E-state index is 6.34. The Labute approximate surface area is 258 Å². The zero-order valence-electron chi connectivity index (χ0n) is 24.2. The molecule has 0 aliphatic carbocycles. The Hall–Kier alpha value is -6.06. The fourth-order valence-corrected chi connectivity index (χ4v) is 7.12. The molecule has 2 aromatic heterocycles. The Kier molecular flexibility index (Phi) is 5.00. The van der Waals surface area contributed by atoms with Crippen molar-refractivity contribution in [2.45, 2.75) is 0 Å². The highest BCUT2D eigenvalue weighted by Gasteiger charge is 2.18. The summed E-state index contributed by atoms with van der Waals surface area (Å²) in [5, 5.41) is 12.0. The predicted octanol–water partition coefficient (Wildman–Crippen LogP) is 12.4. The average molecular weight is 576 g/mol. The van der Waals surface area contributed by atoms with Crippen molar-refractivity contribution in [1.82, 2.24) is 0 Å². The van der Waals surface area contributed by atoms with Gasteiger partial charge in [-0.25, -0.2) is 0 Å². The van der Waals surface area contributed by atoms with Crippen molar-refractivity contribution in [3.63, 3.8) is 0 Å². The fourth-order valence-electron chi connectivity index (χ4n) is 7.12. The van der Waals surface area contributed by atoms with E-state index < -0.39 is 0 Å². The molecule has 0 radical (unpaired) electrons. The number of rotatable bonds is 3. The number of nitrogens with zero attached hydrogens (tertiary/aromatic N) is 1. The van der Waals surface area contributed by atoms with Gasteiger partial charge in [-0.05, 0) is 80.8 Å². The number of furan rings is 2. The minimum Gasteiger partial charge on any atom is -0.456 e. The maximum atomic E-state index is 6.34. The molecule has 0 atom stereocenters. The number of fused-ring (bicyclic) bond motifs is 11. The van der Waals surface area contributed by atoms with Crippen LogP contribution in [-0.4, -0.2) is 0 Å². The topological polar surface area (TPSA) is 29.5 Å². The van der Waals surface area contributed by atoms with Crippen LogP contribution in [0.5, 0.6) is 0 Å². The summed E-state index contributed by atoms with van der Waals surface area (Å²) < 4.78 is 12.7. The lowest BCUT2D eigenvalue weighted by atomic mass is 9.96. The molecular formula is C42H25NO2. The van der Waals surface area contributed by atoms with Crippen LogP contribution in [0.4, 0.5) is 17.1 Å². The highest BCUT2D eigenvalue weighted by atomic mass is 16.3. The van der Waals surface area contributed by atoms with Gasteiger partial charge < -0.3 is 13.7 Å². The summed E-state index contributed by atoms with van der Waals surface area (Å²) in [6.07, 6.45) is 0. The van der Waals surface area contributed by atoms with Gasteiger partial charge in [0.25, 0.3) is 0 Å². The van der Waals surface area contributed by atoms with E-state index in [0.29, 0.717) is 0 Å². The summed E-state index contributed by atoms with van der Waals surface area (Å²) in [7, 11) is 0. The van der Waals surface area contributed by atoms with Crippen molar-refractivity contribution in [2.75, 3.05) is 4.90 Å². The Morgan fingerprint density at radius 1 is 0.311 bits per heavy atom. The molecule has 0 aliphatic heterocycles. The maximum Gasteiger partial charge on any atom is 0.137 e. The van der Waals surface area contributed by atoms with Gasteiger partial charge in [-0.15, -0.1) is 0 Å². The van der Waals surface area contributed by atoms with E-state index >= 15 is 0 Å². The molecule has 45 heavy (non-hydrogen) atoms. The second-order valence-corrected chi connectivity index (χ2v) is 11.7. The summed E-state index contributed by atoms with van der Waals surface area (Å²) in [6.45, 7) is 0. The van der Waals surface area contributed by atoms with Crippen LogP contribution in [0.25, 0.3) is 76.2 Å². The van der Waals surface area contributed by atoms with Crippen molar-refractivity contribution in [2.24, 2.45) is 0 Å². The lowest BCUT2D eigenvalue weighted by molar-refractivity contribution is 0.669. The third-order valence-corrected chi connectivity index (χ3v) is 9.21. The molecule has 0 amide bonds. The molecule has 0 saturated heterocycles. The van der Waals surface area contributed by atoms with E-state index in [1.165, 1.54) is 32.3 Å². The Balaban J connectivity index is 1.22. The number of para-hydroxylation sites is 2. The molecule has 10 rings (SSSR count). The molecule has 0 fully saturated rings. The van der Waals surface area contributed by atoms with E-state index in [-0.39, 0.29) is 0 Å². The second-order valence-electron chi connectivity index (χ2n) is 11.7. The van der Waals surface area contributed by atoms with E-state index in [1.54, 1.807) is 0 Å². The van der Waals surface area contributed by atoms with Gasteiger partial charge in [0.05, 0.1) is 0 Å². The summed E-state index contributed by atoms with van der Waals surface area (Å²) in [6, 6.07) is 53.8. The van der Waals surface area contributed by atoms with Crippen LogP contribution >= 0.6 is 0 Å². The molecule has 0 aliphatic rings. The van der Waals surface area contributed by atoms with Gasteiger partial charge in [-0.2, -0.15) is 0 Å². The smallest absolute Gasteiger partial charge is 0.137 e. The molecule has 2 heterocycles. The lowest BCUT2D eigenvalue weighted by Crippen LogP contribution is -2.09. The zero-order chi connectivity index (χ0) is 29.5. The van der Waals surface area contributed by atoms with Gasteiger partial charge in [-0.1, -0.05) is 91.0 Å². The molecule has 3 heteroatoms. The molecule has 0 unspecified atom stereocenters. The SMILES string of the molecule is c1ccc2c(c1)ccc1ccc3cc(N(c4ccc5c(c4)oc4ccccc45)c4ccc5c(c4)oc4ccccc45)ccc3c12. The van der Waals surface area contributed by atoms with Crippen LogP contribution in [0.3, 0.4) is 0 Å². The normalized spacial score (nSPS) is 12.0. The van der Waals surface area contributed by atoms with E-state index in [4.69, 9.17) is 8.83 Å². The highest BCUT2D eigenvalue weighted by molar-refractivity contribution is 6.20. The molecule has 0 N–H and O–H groups in total. The third-order valence-electron chi connectivity index (χ3n) is 9.21. The molecular weight excluding hydrogens is 550 g/mol. The summed E-state index contributed by atoms with van der Waals surface area (Å²) >= 11 is 0. The molecule has 0 bridgehead atoms. The largest absolute Gasteiger partial charge is 0.456 e. The van der Waals surface area contributed by atoms with Gasteiger partial charge in [0, 0.05) is 50.7 Å². The third kappa shape index (κ3) is 3.65. The molecule has 0 saturated carbocycles. The Bertz CT molecular complexity index is 2670. The minimum atomic E-state index is 0.863. The first-order valence-electron chi connectivity index (χ1n) is 15.3. The Morgan fingerprint density at radius 2 is 0.756 bits per heavy atom. The average Bonchev–Trinajstić information content (AvgIpc) is 3.65. The predicted molar refractivity (Wildman–Crippen MR) is 188 cm³/mol. The van der Waals surface area contributed by atoms with Crippen molar-refractivity contribution in [3.05, 3.63) is 152 Å². The van der Waals surface area contributed by atoms with Crippen LogP contribution in [0, 0.1) is 0 Å². The second kappa shape index (κ2) is 9.22. The van der Waals surface area contributed by atoms with Crippen molar-refractivity contribution < 1.29 is 8.83 Å². The standard InChI is InChI=1S/C42H25NO2/c1-2-8-32-26(7-1)13-14-27-15-16-28-23-29(17-20-33(28)42(27)32)43(30-18-21-36-34-9-3-5-11-38(34)44-40(36)24-30)31-19-22-37-35-10-4-6-12-39(35)45-41(37)25-31/h1-25H. The van der Waals surface area contributed by atoms with Gasteiger partial charge >= 0.3 is 0 Å². The lowest BCUT2D eigenvalue weighted by Gasteiger charge is -2.26. The zero-order valence-corrected chi connectivity index (χ0v) is 24.2. The van der Waals surface area contributed by atoms with Crippen molar-refractivity contribution in [1.29, 1.82) is 0 Å². The van der Waals surface area contributed by atoms with E-state index in [1.807, 2.05) is 24.3 Å². The van der Waals surface area contributed by atoms with E-state index in [0.717, 1.165) is 60.9 Å². The molecule has 0 spiro atoms. The quantitative estimate of drug-likeness (QED) is 0.196. The Morgan fingerprint density at radius 3 is 1.40 bits per heavy atom. The van der Waals surface area contributed by atoms with Crippen molar-refractivity contribution >= 4 is 93.3 Å². The van der Waals surface area contributed by atoms with Crippen LogP contribution in [0.1, 0.15) is 0 Å².